The molecule has 1 amide bonds. The third-order valence-corrected chi connectivity index (χ3v) is 4.31. The highest BCUT2D eigenvalue weighted by Crippen LogP contribution is 2.17. The largest absolute Gasteiger partial charge is 0.384 e. The van der Waals surface area contributed by atoms with E-state index >= 15 is 0 Å². The molecule has 0 spiro atoms. The molecule has 2 heterocycles. The molecule has 0 aliphatic carbocycles. The molecule has 0 bridgehead atoms. The monoisotopic (exact) mass is 292 g/mol. The molecule has 108 valence electrons. The average Bonchev–Trinajstić information content (AvgIpc) is 2.93. The first-order valence-electron chi connectivity index (χ1n) is 6.83. The first kappa shape index (κ1) is 15.0. The fourth-order valence-electron chi connectivity index (χ4n) is 2.26. The lowest BCUT2D eigenvalue weighted by Crippen LogP contribution is -2.50. The van der Waals surface area contributed by atoms with E-state index in [1.807, 2.05) is 16.3 Å². The highest BCUT2D eigenvalue weighted by molar-refractivity contribution is 7.10. The maximum atomic E-state index is 12.4. The summed E-state index contributed by atoms with van der Waals surface area (Å²) in [7, 11) is 0. The molecule has 0 atom stereocenters. The number of carbonyl (C=O) groups is 1. The molecular weight excluding hydrogens is 272 g/mol. The SMILES string of the molecule is CC(C)N1CCN(C(=O)c2csc(C#CCO)c2)CC1. The lowest BCUT2D eigenvalue weighted by atomic mass is 10.2. The van der Waals surface area contributed by atoms with Crippen LogP contribution in [-0.2, 0) is 0 Å². The van der Waals surface area contributed by atoms with Crippen molar-refractivity contribution in [3.8, 4) is 11.8 Å². The molecule has 1 saturated heterocycles. The lowest BCUT2D eigenvalue weighted by Gasteiger charge is -2.36. The molecule has 4 nitrogen and oxygen atoms in total. The smallest absolute Gasteiger partial charge is 0.254 e. The van der Waals surface area contributed by atoms with Gasteiger partial charge in [0.05, 0.1) is 10.4 Å². The minimum atomic E-state index is -0.154. The van der Waals surface area contributed by atoms with E-state index in [2.05, 4.69) is 30.6 Å². The number of carbonyl (C=O) groups excluding carboxylic acids is 1. The summed E-state index contributed by atoms with van der Waals surface area (Å²) in [6.07, 6.45) is 0. The van der Waals surface area contributed by atoms with Gasteiger partial charge in [-0.3, -0.25) is 9.69 Å². The number of nitrogens with zero attached hydrogens (tertiary/aromatic N) is 2. The van der Waals surface area contributed by atoms with Gasteiger partial charge < -0.3 is 10.0 Å². The Morgan fingerprint density at radius 1 is 1.40 bits per heavy atom. The van der Waals surface area contributed by atoms with Crippen molar-refractivity contribution in [2.24, 2.45) is 0 Å². The molecule has 1 aromatic rings. The second-order valence-corrected chi connectivity index (χ2v) is 5.99. The third kappa shape index (κ3) is 3.60. The molecule has 0 unspecified atom stereocenters. The Labute approximate surface area is 124 Å². The van der Waals surface area contributed by atoms with Crippen LogP contribution >= 0.6 is 11.3 Å². The number of aliphatic hydroxyl groups excluding tert-OH is 1. The number of piperazine rings is 1. The van der Waals surface area contributed by atoms with Gasteiger partial charge >= 0.3 is 0 Å². The fraction of sp³-hybridized carbons (Fsp3) is 0.533. The topological polar surface area (TPSA) is 43.8 Å². The van der Waals surface area contributed by atoms with Gasteiger partial charge in [0.25, 0.3) is 5.91 Å². The van der Waals surface area contributed by atoms with E-state index in [9.17, 15) is 4.79 Å². The van der Waals surface area contributed by atoms with E-state index in [4.69, 9.17) is 5.11 Å². The Morgan fingerprint density at radius 2 is 2.10 bits per heavy atom. The summed E-state index contributed by atoms with van der Waals surface area (Å²) in [4.78, 5) is 17.5. The Hall–Kier alpha value is -1.35. The van der Waals surface area contributed by atoms with E-state index in [0.29, 0.717) is 11.6 Å². The van der Waals surface area contributed by atoms with Crippen LogP contribution in [0.25, 0.3) is 0 Å². The number of aliphatic hydroxyl groups is 1. The zero-order valence-electron chi connectivity index (χ0n) is 11.9. The van der Waals surface area contributed by atoms with Gasteiger partial charge in [-0.1, -0.05) is 11.8 Å². The van der Waals surface area contributed by atoms with Crippen molar-refractivity contribution in [3.63, 3.8) is 0 Å². The van der Waals surface area contributed by atoms with E-state index in [0.717, 1.165) is 31.1 Å². The van der Waals surface area contributed by atoms with Gasteiger partial charge in [-0.25, -0.2) is 0 Å². The van der Waals surface area contributed by atoms with Gasteiger partial charge in [-0.05, 0) is 19.9 Å². The molecular formula is C15H20N2O2S. The van der Waals surface area contributed by atoms with E-state index in [1.54, 1.807) is 0 Å². The van der Waals surface area contributed by atoms with Crippen molar-refractivity contribution in [2.45, 2.75) is 19.9 Å². The lowest BCUT2D eigenvalue weighted by molar-refractivity contribution is 0.0596. The molecule has 0 aromatic carbocycles. The van der Waals surface area contributed by atoms with Crippen molar-refractivity contribution >= 4 is 17.2 Å². The minimum Gasteiger partial charge on any atom is -0.384 e. The van der Waals surface area contributed by atoms with Crippen molar-refractivity contribution in [1.82, 2.24) is 9.80 Å². The van der Waals surface area contributed by atoms with Crippen molar-refractivity contribution in [2.75, 3.05) is 32.8 Å². The first-order chi connectivity index (χ1) is 9.61. The zero-order valence-corrected chi connectivity index (χ0v) is 12.7. The first-order valence-corrected chi connectivity index (χ1v) is 7.71. The van der Waals surface area contributed by atoms with Gasteiger partial charge in [0.15, 0.2) is 0 Å². The molecule has 0 saturated carbocycles. The predicted octanol–water partition coefficient (Wildman–Crippen LogP) is 1.26. The Morgan fingerprint density at radius 3 is 2.70 bits per heavy atom. The quantitative estimate of drug-likeness (QED) is 0.835. The van der Waals surface area contributed by atoms with Crippen molar-refractivity contribution in [3.05, 3.63) is 21.9 Å². The predicted molar refractivity (Wildman–Crippen MR) is 80.9 cm³/mol. The number of thiophene rings is 1. The molecule has 2 rings (SSSR count). The second-order valence-electron chi connectivity index (χ2n) is 5.08. The number of hydrogen-bond acceptors (Lipinski definition) is 4. The normalized spacial score (nSPS) is 16.1. The van der Waals surface area contributed by atoms with Crippen LogP contribution in [0.1, 0.15) is 29.1 Å². The number of hydrogen-bond donors (Lipinski definition) is 1. The Kier molecular flexibility index (Phi) is 5.18. The van der Waals surface area contributed by atoms with E-state index < -0.39 is 0 Å². The summed E-state index contributed by atoms with van der Waals surface area (Å²) in [6, 6.07) is 2.35. The molecule has 1 aliphatic heterocycles. The van der Waals surface area contributed by atoms with Crippen LogP contribution < -0.4 is 0 Å². The summed E-state index contributed by atoms with van der Waals surface area (Å²) in [6.45, 7) is 7.65. The molecule has 20 heavy (non-hydrogen) atoms. The van der Waals surface area contributed by atoms with Crippen LogP contribution in [0.15, 0.2) is 11.4 Å². The molecule has 1 aromatic heterocycles. The Balaban J connectivity index is 1.97. The summed E-state index contributed by atoms with van der Waals surface area (Å²) in [5, 5.41) is 10.5. The van der Waals surface area contributed by atoms with Gasteiger partial charge in [0, 0.05) is 37.6 Å². The van der Waals surface area contributed by atoms with Crippen LogP contribution in [0.3, 0.4) is 0 Å². The highest BCUT2D eigenvalue weighted by Gasteiger charge is 2.23. The van der Waals surface area contributed by atoms with Crippen LogP contribution in [0, 0.1) is 11.8 Å². The van der Waals surface area contributed by atoms with Gasteiger partial charge in [0.2, 0.25) is 0 Å². The van der Waals surface area contributed by atoms with Crippen LogP contribution in [-0.4, -0.2) is 59.6 Å². The minimum absolute atomic E-state index is 0.0849. The maximum Gasteiger partial charge on any atom is 0.254 e. The maximum absolute atomic E-state index is 12.4. The van der Waals surface area contributed by atoms with Crippen molar-refractivity contribution < 1.29 is 9.90 Å². The van der Waals surface area contributed by atoms with E-state index in [1.165, 1.54) is 11.3 Å². The van der Waals surface area contributed by atoms with Gasteiger partial charge in [-0.2, -0.15) is 0 Å². The molecule has 5 heteroatoms. The van der Waals surface area contributed by atoms with Gasteiger partial charge in [0.1, 0.15) is 6.61 Å². The standard InChI is InChI=1S/C15H20N2O2S/c1-12(2)16-5-7-17(8-6-16)15(19)13-10-14(20-11-13)4-3-9-18/h10-12,18H,5-9H2,1-2H3. The molecule has 1 fully saturated rings. The third-order valence-electron chi connectivity index (χ3n) is 3.47. The van der Waals surface area contributed by atoms with Crippen LogP contribution in [0.2, 0.25) is 0 Å². The van der Waals surface area contributed by atoms with Crippen molar-refractivity contribution in [1.29, 1.82) is 0 Å². The highest BCUT2D eigenvalue weighted by atomic mass is 32.1. The summed E-state index contributed by atoms with van der Waals surface area (Å²) < 4.78 is 0. The zero-order chi connectivity index (χ0) is 14.5. The van der Waals surface area contributed by atoms with Gasteiger partial charge in [-0.15, -0.1) is 11.3 Å². The average molecular weight is 292 g/mol. The second kappa shape index (κ2) is 6.89. The summed E-state index contributed by atoms with van der Waals surface area (Å²) >= 11 is 1.44. The number of amides is 1. The van der Waals surface area contributed by atoms with Crippen LogP contribution in [0.4, 0.5) is 0 Å². The summed E-state index contributed by atoms with van der Waals surface area (Å²) in [5.41, 5.74) is 0.704. The molecule has 0 radical (unpaired) electrons. The summed E-state index contributed by atoms with van der Waals surface area (Å²) in [5.74, 6) is 5.52. The van der Waals surface area contributed by atoms with E-state index in [-0.39, 0.29) is 12.5 Å². The molecule has 1 aliphatic rings. The molecule has 1 N–H and O–H groups in total. The van der Waals surface area contributed by atoms with Crippen LogP contribution in [0.5, 0.6) is 0 Å². The fourth-order valence-corrected chi connectivity index (χ4v) is 3.01. The Bertz CT molecular complexity index is 519. The number of rotatable bonds is 2.